The van der Waals surface area contributed by atoms with Gasteiger partial charge in [-0.25, -0.2) is 8.60 Å². The molecule has 10 heteroatoms. The van der Waals surface area contributed by atoms with Gasteiger partial charge in [0.2, 0.25) is 0 Å². The van der Waals surface area contributed by atoms with Gasteiger partial charge in [-0.15, -0.1) is 0 Å². The van der Waals surface area contributed by atoms with Crippen LogP contribution in [0.5, 0.6) is 11.5 Å². The quantitative estimate of drug-likeness (QED) is 0.375. The molecular formula is C29H37FN2O6S. The number of carbonyl (C=O) groups is 1. The van der Waals surface area contributed by atoms with Crippen molar-refractivity contribution < 1.29 is 34.0 Å². The van der Waals surface area contributed by atoms with Crippen LogP contribution in [0.2, 0.25) is 0 Å². The first-order chi connectivity index (χ1) is 18.4. The van der Waals surface area contributed by atoms with Gasteiger partial charge in [0, 0.05) is 32.1 Å². The number of hydrogen-bond donors (Lipinski definition) is 3. The number of anilines is 2. The summed E-state index contributed by atoms with van der Waals surface area (Å²) in [5, 5.41) is 13.4. The first kappa shape index (κ1) is 28.6. The van der Waals surface area contributed by atoms with E-state index in [2.05, 4.69) is 5.32 Å². The van der Waals surface area contributed by atoms with Crippen molar-refractivity contribution in [2.75, 3.05) is 24.4 Å². The molecule has 1 aliphatic heterocycles. The zero-order valence-corrected chi connectivity index (χ0v) is 23.6. The molecule has 1 amide bonds. The minimum Gasteiger partial charge on any atom is -0.508 e. The van der Waals surface area contributed by atoms with Crippen LogP contribution < -0.4 is 15.0 Å². The number of likely N-dealkylation sites (N-methyl/N-ethyl adjacent to an activating group) is 1. The Morgan fingerprint density at radius 2 is 1.92 bits per heavy atom. The maximum atomic E-state index is 14.0. The number of amides is 1. The standard InChI is InChI=1S/C26H29FN2O4.C3H6O2S.H2/c1-15-6-7-16(27)12-22(15)33-14-20-18(19-9-8-17(30)13-23(19)32-5)10-11-21-24(20)29(4)25(31)26(2,3)28-21;4-6(5)3-1-2-3;/h6-11,13,16,28,30H,12,14H2,1-5H3;3H,1-2H2,(H,4,5);1H. The molecule has 0 radical (unpaired) electrons. The van der Waals surface area contributed by atoms with Crippen molar-refractivity contribution in [1.82, 2.24) is 0 Å². The molecule has 1 saturated carbocycles. The Hall–Kier alpha value is -3.37. The minimum absolute atomic E-state index is 0. The van der Waals surface area contributed by atoms with Crippen LogP contribution in [0.15, 0.2) is 53.8 Å². The Bertz CT molecular complexity index is 1360. The highest BCUT2D eigenvalue weighted by molar-refractivity contribution is 7.80. The molecular weight excluding hydrogens is 523 g/mol. The number of nitrogens with one attached hydrogen (secondary N) is 1. The highest BCUT2D eigenvalue weighted by Gasteiger charge is 2.39. The molecule has 2 unspecified atom stereocenters. The Balaban J connectivity index is 0.000000559. The summed E-state index contributed by atoms with van der Waals surface area (Å²) < 4.78 is 43.7. The number of carbonyl (C=O) groups excluding carboxylic acids is 1. The van der Waals surface area contributed by atoms with Crippen molar-refractivity contribution in [3.8, 4) is 22.6 Å². The van der Waals surface area contributed by atoms with E-state index < -0.39 is 22.8 Å². The van der Waals surface area contributed by atoms with Gasteiger partial charge in [0.05, 0.1) is 23.7 Å². The number of nitrogens with zero attached hydrogens (tertiary/aromatic N) is 1. The van der Waals surface area contributed by atoms with Crippen LogP contribution in [0.3, 0.4) is 0 Å². The number of phenols is 1. The predicted octanol–water partition coefficient (Wildman–Crippen LogP) is 5.94. The Morgan fingerprint density at radius 3 is 2.54 bits per heavy atom. The number of methoxy groups -OCH3 is 1. The molecule has 212 valence electrons. The summed E-state index contributed by atoms with van der Waals surface area (Å²) in [7, 11) is 3.28. The Kier molecular flexibility index (Phi) is 8.37. The number of alkyl halides is 1. The Morgan fingerprint density at radius 1 is 1.23 bits per heavy atom. The van der Waals surface area contributed by atoms with Gasteiger partial charge in [0.1, 0.15) is 35.6 Å². The maximum Gasteiger partial charge on any atom is 0.251 e. The minimum atomic E-state index is -1.51. The number of aromatic hydroxyl groups is 1. The topological polar surface area (TPSA) is 108 Å². The SMILES string of the molecule is COc1cc(O)ccc1-c1ccc2c(c1COC1=C(C)C=CC(F)C1)N(C)C(=O)C(C)(C)N2.O=S(O)C1CC1.[HH]. The summed E-state index contributed by atoms with van der Waals surface area (Å²) in [6.07, 6.45) is 4.24. The zero-order chi connectivity index (χ0) is 28.5. The molecule has 0 aromatic heterocycles. The summed E-state index contributed by atoms with van der Waals surface area (Å²) >= 11 is -1.51. The van der Waals surface area contributed by atoms with Gasteiger partial charge in [-0.3, -0.25) is 4.79 Å². The van der Waals surface area contributed by atoms with Gasteiger partial charge in [-0.2, -0.15) is 0 Å². The van der Waals surface area contributed by atoms with Crippen LogP contribution in [-0.4, -0.2) is 50.9 Å². The van der Waals surface area contributed by atoms with Crippen LogP contribution in [0, 0.1) is 0 Å². The largest absolute Gasteiger partial charge is 0.508 e. The molecule has 2 atom stereocenters. The fraction of sp³-hybridized carbons (Fsp3) is 0.414. The van der Waals surface area contributed by atoms with Crippen LogP contribution in [-0.2, 0) is 27.2 Å². The van der Waals surface area contributed by atoms with Crippen LogP contribution in [0.1, 0.15) is 47.0 Å². The lowest BCUT2D eigenvalue weighted by Crippen LogP contribution is -2.52. The third kappa shape index (κ3) is 6.28. The van der Waals surface area contributed by atoms with E-state index in [4.69, 9.17) is 14.0 Å². The number of benzene rings is 2. The van der Waals surface area contributed by atoms with Crippen LogP contribution in [0.4, 0.5) is 15.8 Å². The molecule has 0 spiro atoms. The van der Waals surface area contributed by atoms with Crippen molar-refractivity contribution in [2.24, 2.45) is 0 Å². The third-order valence-corrected chi connectivity index (χ3v) is 8.00. The molecule has 3 aliphatic rings. The maximum absolute atomic E-state index is 14.0. The molecule has 2 aliphatic carbocycles. The molecule has 2 aromatic carbocycles. The highest BCUT2D eigenvalue weighted by atomic mass is 32.2. The number of ether oxygens (including phenoxy) is 2. The third-order valence-electron chi connectivity index (χ3n) is 6.96. The summed E-state index contributed by atoms with van der Waals surface area (Å²) in [5.74, 6) is 1.09. The smallest absolute Gasteiger partial charge is 0.251 e. The van der Waals surface area contributed by atoms with Crippen molar-refractivity contribution in [1.29, 1.82) is 0 Å². The van der Waals surface area contributed by atoms with Gasteiger partial charge in [-0.1, -0.05) is 12.1 Å². The molecule has 39 heavy (non-hydrogen) atoms. The van der Waals surface area contributed by atoms with Crippen molar-refractivity contribution >= 4 is 28.4 Å². The first-order valence-corrected chi connectivity index (χ1v) is 13.9. The van der Waals surface area contributed by atoms with E-state index in [1.54, 1.807) is 36.2 Å². The number of halogens is 1. The second-order valence-corrected chi connectivity index (χ2v) is 11.7. The lowest BCUT2D eigenvalue weighted by Gasteiger charge is -2.39. The van der Waals surface area contributed by atoms with Gasteiger partial charge in [0.15, 0.2) is 11.1 Å². The second-order valence-electron chi connectivity index (χ2n) is 10.4. The summed E-state index contributed by atoms with van der Waals surface area (Å²) in [5.41, 5.74) is 3.94. The number of fused-ring (bicyclic) bond motifs is 1. The monoisotopic (exact) mass is 560 g/mol. The van der Waals surface area contributed by atoms with Crippen molar-refractivity contribution in [3.05, 3.63) is 59.4 Å². The van der Waals surface area contributed by atoms with Gasteiger partial charge in [0.25, 0.3) is 5.91 Å². The van der Waals surface area contributed by atoms with E-state index in [1.807, 2.05) is 32.9 Å². The second kappa shape index (κ2) is 11.4. The van der Waals surface area contributed by atoms with E-state index in [9.17, 15) is 18.5 Å². The molecule has 0 bridgehead atoms. The summed E-state index contributed by atoms with van der Waals surface area (Å²) in [4.78, 5) is 14.7. The fourth-order valence-corrected chi connectivity index (χ4v) is 5.22. The Labute approximate surface area is 232 Å². The van der Waals surface area contributed by atoms with Crippen molar-refractivity contribution in [2.45, 2.75) is 63.6 Å². The fourth-order valence-electron chi connectivity index (χ4n) is 4.68. The lowest BCUT2D eigenvalue weighted by molar-refractivity contribution is -0.121. The van der Waals surface area contributed by atoms with E-state index >= 15 is 0 Å². The molecule has 1 heterocycles. The summed E-state index contributed by atoms with van der Waals surface area (Å²) in [6, 6.07) is 8.77. The number of hydrogen-bond acceptors (Lipinski definition) is 6. The van der Waals surface area contributed by atoms with E-state index in [0.717, 1.165) is 40.8 Å². The number of phenolic OH excluding ortho intramolecular Hbond substituents is 1. The van der Waals surface area contributed by atoms with Gasteiger partial charge in [-0.05, 0) is 69.0 Å². The zero-order valence-electron chi connectivity index (χ0n) is 22.8. The van der Waals surface area contributed by atoms with E-state index in [-0.39, 0.29) is 31.4 Å². The summed E-state index contributed by atoms with van der Waals surface area (Å²) in [6.45, 7) is 5.70. The van der Waals surface area contributed by atoms with Crippen LogP contribution in [0.25, 0.3) is 11.1 Å². The normalized spacial score (nSPS) is 20.4. The van der Waals surface area contributed by atoms with Crippen molar-refractivity contribution in [3.63, 3.8) is 0 Å². The van der Waals surface area contributed by atoms with E-state index in [1.165, 1.54) is 13.2 Å². The molecule has 3 N–H and O–H groups in total. The lowest BCUT2D eigenvalue weighted by atomic mass is 9.91. The molecule has 0 saturated heterocycles. The molecule has 5 rings (SSSR count). The van der Waals surface area contributed by atoms with Gasteiger partial charge >= 0.3 is 0 Å². The van der Waals surface area contributed by atoms with E-state index in [0.29, 0.717) is 17.2 Å². The molecule has 1 fully saturated rings. The first-order valence-electron chi connectivity index (χ1n) is 12.8. The molecule has 2 aromatic rings. The van der Waals surface area contributed by atoms with Gasteiger partial charge < -0.3 is 29.3 Å². The number of allylic oxidation sites excluding steroid dienone is 4. The number of rotatable bonds is 6. The highest BCUT2D eigenvalue weighted by Crippen LogP contribution is 2.45. The molecule has 8 nitrogen and oxygen atoms in total. The average molecular weight is 561 g/mol. The van der Waals surface area contributed by atoms with Crippen LogP contribution >= 0.6 is 0 Å². The predicted molar refractivity (Wildman–Crippen MR) is 153 cm³/mol. The average Bonchev–Trinajstić information content (AvgIpc) is 3.74.